The number of hydrogen-bond donors (Lipinski definition) is 3. The molecule has 226 valence electrons. The number of halogens is 4. The predicted molar refractivity (Wildman–Crippen MR) is 163 cm³/mol. The van der Waals surface area contributed by atoms with Crippen molar-refractivity contribution in [3.05, 3.63) is 101 Å². The number of nitrogens with two attached hydrogens (primary N) is 1. The average molecular weight is 595 g/mol. The maximum absolute atomic E-state index is 14.0. The van der Waals surface area contributed by atoms with Crippen molar-refractivity contribution in [1.82, 2.24) is 15.2 Å². The minimum absolute atomic E-state index is 0.00463. The fraction of sp³-hybridized carbons (Fsp3) is 0.281. The van der Waals surface area contributed by atoms with Crippen molar-refractivity contribution in [3.63, 3.8) is 0 Å². The molecule has 0 bridgehead atoms. The first-order valence-electron chi connectivity index (χ1n) is 13.7. The summed E-state index contributed by atoms with van der Waals surface area (Å²) in [5, 5.41) is 10.9. The van der Waals surface area contributed by atoms with E-state index in [1.54, 1.807) is 62.6 Å². The Bertz CT molecular complexity index is 1500. The minimum atomic E-state index is -4.53. The van der Waals surface area contributed by atoms with Gasteiger partial charge in [0.15, 0.2) is 0 Å². The molecule has 0 saturated carbocycles. The van der Waals surface area contributed by atoms with Gasteiger partial charge in [-0.2, -0.15) is 17.6 Å². The van der Waals surface area contributed by atoms with E-state index < -0.39 is 18.6 Å². The van der Waals surface area contributed by atoms with E-state index in [-0.39, 0.29) is 39.9 Å². The van der Waals surface area contributed by atoms with Crippen LogP contribution in [0.3, 0.4) is 0 Å². The lowest BCUT2D eigenvalue weighted by Gasteiger charge is -2.21. The molecule has 1 atom stereocenters. The Morgan fingerprint density at radius 1 is 1.12 bits per heavy atom. The second kappa shape index (κ2) is 13.6. The Kier molecular flexibility index (Phi) is 9.97. The van der Waals surface area contributed by atoms with Gasteiger partial charge in [0.05, 0.1) is 12.0 Å². The zero-order chi connectivity index (χ0) is 31.1. The van der Waals surface area contributed by atoms with Gasteiger partial charge in [-0.1, -0.05) is 42.5 Å². The molecule has 0 unspecified atom stereocenters. The molecule has 1 amide bonds. The van der Waals surface area contributed by atoms with Crippen molar-refractivity contribution in [3.8, 4) is 0 Å². The molecule has 1 fully saturated rings. The SMILES string of the molecule is CN(C)C(=O)/C=C/CN[C@@H]1CCN(c2ccc(/C(=C(/CC(F)(F)F)c3ccccc3)c3ccc(N)c(C(=N)F)c3)cn2)C1. The number of benzene rings is 2. The maximum Gasteiger partial charge on any atom is 0.393 e. The number of pyridine rings is 1. The first kappa shape index (κ1) is 31.4. The molecule has 0 spiro atoms. The van der Waals surface area contributed by atoms with Crippen LogP contribution in [0.2, 0.25) is 0 Å². The van der Waals surface area contributed by atoms with Gasteiger partial charge in [-0.15, -0.1) is 0 Å². The minimum Gasteiger partial charge on any atom is -0.398 e. The van der Waals surface area contributed by atoms with Crippen molar-refractivity contribution in [2.24, 2.45) is 0 Å². The zero-order valence-corrected chi connectivity index (χ0v) is 24.0. The zero-order valence-electron chi connectivity index (χ0n) is 24.0. The van der Waals surface area contributed by atoms with Crippen LogP contribution < -0.4 is 16.0 Å². The second-order valence-electron chi connectivity index (χ2n) is 10.5. The van der Waals surface area contributed by atoms with Gasteiger partial charge in [0.2, 0.25) is 11.9 Å². The Labute approximate surface area is 248 Å². The molecule has 0 aliphatic carbocycles. The molecule has 4 rings (SSSR count). The van der Waals surface area contributed by atoms with E-state index in [0.29, 0.717) is 30.0 Å². The van der Waals surface area contributed by atoms with E-state index in [4.69, 9.17) is 11.1 Å². The normalized spacial score (nSPS) is 16.0. The van der Waals surface area contributed by atoms with E-state index in [0.717, 1.165) is 13.0 Å². The lowest BCUT2D eigenvalue weighted by molar-refractivity contribution is -0.124. The van der Waals surface area contributed by atoms with Gasteiger partial charge in [0.25, 0.3) is 0 Å². The standard InChI is InChI=1S/C32H34F4N6O/c1-41(2)29(43)9-6-15-39-24-14-16-42(20-24)28-13-11-23(19-40-28)30(22-10-12-27(37)25(17-22)31(33)38)26(18-32(34,35)36)21-7-4-3-5-8-21/h3-13,17,19,24,38-39H,14-16,18,20,37H2,1-2H3/b9-6+,30-26-,38-31?/t24-/m1/s1. The summed E-state index contributed by atoms with van der Waals surface area (Å²) in [5.74, 6) is -0.691. The van der Waals surface area contributed by atoms with E-state index in [1.807, 2.05) is 0 Å². The van der Waals surface area contributed by atoms with E-state index in [2.05, 4.69) is 15.2 Å². The van der Waals surface area contributed by atoms with E-state index in [1.165, 1.54) is 35.4 Å². The summed E-state index contributed by atoms with van der Waals surface area (Å²) in [4.78, 5) is 19.9. The van der Waals surface area contributed by atoms with Crippen molar-refractivity contribution >= 4 is 34.5 Å². The molecule has 1 aliphatic rings. The highest BCUT2D eigenvalue weighted by Crippen LogP contribution is 2.40. The molecule has 2 aromatic carbocycles. The number of allylic oxidation sites excluding steroid dienone is 1. The molecular weight excluding hydrogens is 560 g/mol. The number of anilines is 2. The maximum atomic E-state index is 14.0. The fourth-order valence-electron chi connectivity index (χ4n) is 4.99. The number of nitrogens with zero attached hydrogens (tertiary/aromatic N) is 3. The molecular formula is C32H34F4N6O. The number of alkyl halides is 3. The van der Waals surface area contributed by atoms with Gasteiger partial charge in [0.1, 0.15) is 5.82 Å². The van der Waals surface area contributed by atoms with E-state index in [9.17, 15) is 22.4 Å². The van der Waals surface area contributed by atoms with Gasteiger partial charge in [0, 0.05) is 63.3 Å². The largest absolute Gasteiger partial charge is 0.398 e. The quantitative estimate of drug-likeness (QED) is 0.0923. The van der Waals surface area contributed by atoms with Gasteiger partial charge in [-0.3, -0.25) is 10.2 Å². The van der Waals surface area contributed by atoms with Crippen LogP contribution in [0.5, 0.6) is 0 Å². The molecule has 43 heavy (non-hydrogen) atoms. The molecule has 2 heterocycles. The first-order valence-corrected chi connectivity index (χ1v) is 13.7. The summed E-state index contributed by atoms with van der Waals surface area (Å²) in [5.41, 5.74) is 6.96. The number of amides is 1. The van der Waals surface area contributed by atoms with Crippen LogP contribution in [0.25, 0.3) is 11.1 Å². The van der Waals surface area contributed by atoms with Crippen LogP contribution in [0, 0.1) is 5.41 Å². The molecule has 3 aromatic rings. The number of carbonyl (C=O) groups excluding carboxylic acids is 1. The molecule has 11 heteroatoms. The molecule has 1 aromatic heterocycles. The summed E-state index contributed by atoms with van der Waals surface area (Å²) in [6.45, 7) is 1.95. The highest BCUT2D eigenvalue weighted by Gasteiger charge is 2.32. The number of hydrogen-bond acceptors (Lipinski definition) is 6. The number of rotatable bonds is 10. The Balaban J connectivity index is 1.67. The van der Waals surface area contributed by atoms with Crippen LogP contribution in [-0.4, -0.2) is 67.7 Å². The number of carbonyl (C=O) groups is 1. The smallest absolute Gasteiger partial charge is 0.393 e. The van der Waals surface area contributed by atoms with Gasteiger partial charge in [-0.05, 0) is 53.0 Å². The third kappa shape index (κ3) is 8.29. The summed E-state index contributed by atoms with van der Waals surface area (Å²) in [6, 6.07) is 16.1. The van der Waals surface area contributed by atoms with Crippen molar-refractivity contribution < 1.29 is 22.4 Å². The molecule has 7 nitrogen and oxygen atoms in total. The average Bonchev–Trinajstić information content (AvgIpc) is 3.44. The van der Waals surface area contributed by atoms with Crippen LogP contribution in [0.4, 0.5) is 29.1 Å². The monoisotopic (exact) mass is 594 g/mol. The molecule has 1 aliphatic heterocycles. The second-order valence-corrected chi connectivity index (χ2v) is 10.5. The van der Waals surface area contributed by atoms with E-state index >= 15 is 0 Å². The van der Waals surface area contributed by atoms with Gasteiger partial charge < -0.3 is 20.9 Å². The Hall–Kier alpha value is -4.51. The highest BCUT2D eigenvalue weighted by atomic mass is 19.4. The topological polar surface area (TPSA) is 98.3 Å². The summed E-state index contributed by atoms with van der Waals surface area (Å²) in [6.07, 6.45) is -0.0682. The number of nitrogens with one attached hydrogen (secondary N) is 2. The van der Waals surface area contributed by atoms with Crippen LogP contribution >= 0.6 is 0 Å². The van der Waals surface area contributed by atoms with Gasteiger partial charge in [-0.25, -0.2) is 4.98 Å². The third-order valence-electron chi connectivity index (χ3n) is 7.15. The lowest BCUT2D eigenvalue weighted by Crippen LogP contribution is -2.33. The summed E-state index contributed by atoms with van der Waals surface area (Å²) >= 11 is 0. The Morgan fingerprint density at radius 3 is 2.47 bits per heavy atom. The van der Waals surface area contributed by atoms with Crippen molar-refractivity contribution in [2.75, 3.05) is 44.4 Å². The first-order chi connectivity index (χ1) is 20.4. The number of aromatic nitrogens is 1. The van der Waals surface area contributed by atoms with Crippen LogP contribution in [0.1, 0.15) is 35.1 Å². The van der Waals surface area contributed by atoms with Crippen molar-refractivity contribution in [2.45, 2.75) is 25.1 Å². The number of nitrogen functional groups attached to an aromatic ring is 1. The Morgan fingerprint density at radius 2 is 1.84 bits per heavy atom. The molecule has 0 radical (unpaired) electrons. The van der Waals surface area contributed by atoms with Crippen LogP contribution in [0.15, 0.2) is 79.0 Å². The highest BCUT2D eigenvalue weighted by molar-refractivity contribution is 6.02. The number of likely N-dealkylation sites (N-methyl/N-ethyl adjacent to an activating group) is 1. The predicted octanol–water partition coefficient (Wildman–Crippen LogP) is 5.68. The van der Waals surface area contributed by atoms with Crippen LogP contribution in [-0.2, 0) is 4.79 Å². The fourth-order valence-corrected chi connectivity index (χ4v) is 4.99. The summed E-state index contributed by atoms with van der Waals surface area (Å²) in [7, 11) is 3.38. The van der Waals surface area contributed by atoms with Crippen molar-refractivity contribution in [1.29, 1.82) is 5.41 Å². The molecule has 1 saturated heterocycles. The third-order valence-corrected chi connectivity index (χ3v) is 7.15. The molecule has 4 N–H and O–H groups in total. The summed E-state index contributed by atoms with van der Waals surface area (Å²) < 4.78 is 55.9. The van der Waals surface area contributed by atoms with Gasteiger partial charge >= 0.3 is 6.18 Å². The lowest BCUT2D eigenvalue weighted by atomic mass is 9.87.